The summed E-state index contributed by atoms with van der Waals surface area (Å²) in [7, 11) is 0. The van der Waals surface area contributed by atoms with Gasteiger partial charge in [-0.2, -0.15) is 0 Å². The number of nitrogens with zero attached hydrogens (tertiary/aromatic N) is 1. The Morgan fingerprint density at radius 2 is 2.00 bits per heavy atom. The first-order valence-corrected chi connectivity index (χ1v) is 3.01. The van der Waals surface area contributed by atoms with Crippen molar-refractivity contribution in [2.75, 3.05) is 0 Å². The molecule has 2 aliphatic rings. The fourth-order valence-electron chi connectivity index (χ4n) is 1.45. The van der Waals surface area contributed by atoms with Crippen molar-refractivity contribution in [2.24, 2.45) is 0 Å². The fourth-order valence-corrected chi connectivity index (χ4v) is 1.45. The van der Waals surface area contributed by atoms with Crippen molar-refractivity contribution in [2.45, 2.75) is 31.7 Å². The molecular weight excluding hydrogens is 86.1 g/mol. The lowest BCUT2D eigenvalue weighted by Gasteiger charge is -2.01. The first-order valence-electron chi connectivity index (χ1n) is 3.01. The summed E-state index contributed by atoms with van der Waals surface area (Å²) < 4.78 is 0. The van der Waals surface area contributed by atoms with Gasteiger partial charge in [0.25, 0.3) is 0 Å². The second kappa shape index (κ2) is 1.22. The molecule has 1 heteroatoms. The maximum atomic E-state index is 4.42. The highest BCUT2D eigenvalue weighted by Crippen LogP contribution is 2.34. The first kappa shape index (κ1) is 3.90. The molecule has 0 unspecified atom stereocenters. The van der Waals surface area contributed by atoms with E-state index in [1.165, 1.54) is 31.7 Å². The Labute approximate surface area is 44.1 Å². The molecular formula is C6H9N. The molecule has 0 N–H and O–H groups in total. The molecule has 2 saturated heterocycles. The lowest BCUT2D eigenvalue weighted by Crippen LogP contribution is -2.04. The highest BCUT2D eigenvalue weighted by Gasteiger charge is 2.32. The van der Waals surface area contributed by atoms with Crippen LogP contribution < -0.4 is 5.32 Å². The summed E-state index contributed by atoms with van der Waals surface area (Å²) in [6.07, 6.45) is 5.33. The minimum absolute atomic E-state index is 0.759. The van der Waals surface area contributed by atoms with Crippen LogP contribution in [0.3, 0.4) is 0 Å². The van der Waals surface area contributed by atoms with Gasteiger partial charge in [-0.3, -0.25) is 0 Å². The quantitative estimate of drug-likeness (QED) is 0.427. The van der Waals surface area contributed by atoms with Crippen LogP contribution >= 0.6 is 0 Å². The monoisotopic (exact) mass is 95.1 g/mol. The summed E-state index contributed by atoms with van der Waals surface area (Å²) in [5.74, 6) is 0. The zero-order valence-electron chi connectivity index (χ0n) is 4.35. The normalized spacial score (nSPS) is 32.6. The van der Waals surface area contributed by atoms with Gasteiger partial charge >= 0.3 is 0 Å². The molecule has 2 aliphatic heterocycles. The Balaban J connectivity index is 2.12. The Hall–Kier alpha value is -0.0400. The fraction of sp³-hybridized carbons (Fsp3) is 0.833. The van der Waals surface area contributed by atoms with E-state index >= 15 is 0 Å². The predicted octanol–water partition coefficient (Wildman–Crippen LogP) is 1.08. The molecule has 0 aromatic rings. The maximum Gasteiger partial charge on any atom is 0.0558 e. The van der Waals surface area contributed by atoms with Gasteiger partial charge in [-0.25, -0.2) is 5.32 Å². The van der Waals surface area contributed by atoms with Crippen molar-refractivity contribution < 1.29 is 0 Å². The molecule has 0 spiro atoms. The van der Waals surface area contributed by atoms with E-state index in [1.807, 2.05) is 0 Å². The summed E-state index contributed by atoms with van der Waals surface area (Å²) in [5.41, 5.74) is 0. The molecule has 0 amide bonds. The van der Waals surface area contributed by atoms with Crippen LogP contribution in [-0.4, -0.2) is 6.04 Å². The Morgan fingerprint density at radius 3 is 2.14 bits per heavy atom. The molecule has 2 heterocycles. The van der Waals surface area contributed by atoms with E-state index in [4.69, 9.17) is 0 Å². The van der Waals surface area contributed by atoms with E-state index < -0.39 is 0 Å². The third kappa shape index (κ3) is 0.480. The molecule has 2 radical (unpaired) electrons. The van der Waals surface area contributed by atoms with E-state index in [1.54, 1.807) is 0 Å². The molecule has 0 saturated carbocycles. The zero-order valence-corrected chi connectivity index (χ0v) is 4.35. The van der Waals surface area contributed by atoms with Crippen molar-refractivity contribution in [1.82, 2.24) is 5.32 Å². The molecule has 7 heavy (non-hydrogen) atoms. The zero-order chi connectivity index (χ0) is 4.69. The van der Waals surface area contributed by atoms with Crippen LogP contribution in [0.1, 0.15) is 25.7 Å². The van der Waals surface area contributed by atoms with Crippen LogP contribution in [0.5, 0.6) is 0 Å². The summed E-state index contributed by atoms with van der Waals surface area (Å²) in [6.45, 7) is 0. The molecule has 0 atom stereocenters. The van der Waals surface area contributed by atoms with Crippen LogP contribution in [0, 0.1) is 6.04 Å². The highest BCUT2D eigenvalue weighted by atomic mass is 15.0. The third-order valence-electron chi connectivity index (χ3n) is 1.90. The molecule has 2 bridgehead atoms. The van der Waals surface area contributed by atoms with Gasteiger partial charge in [-0.15, -0.1) is 0 Å². The van der Waals surface area contributed by atoms with Gasteiger partial charge in [0.05, 0.1) is 6.04 Å². The molecule has 0 aromatic carbocycles. The molecule has 2 rings (SSSR count). The Kier molecular flexibility index (Phi) is 0.680. The smallest absolute Gasteiger partial charge is 0.0558 e. The number of rotatable bonds is 0. The number of fused-ring (bicyclic) bond motifs is 2. The van der Waals surface area contributed by atoms with Crippen molar-refractivity contribution in [3.05, 3.63) is 6.04 Å². The number of hydrogen-bond donors (Lipinski definition) is 0. The molecule has 2 fully saturated rings. The molecule has 0 aromatic heterocycles. The predicted molar refractivity (Wildman–Crippen MR) is 27.6 cm³/mol. The SMILES string of the molecule is C1CC2CC[C]1[N]2. The Morgan fingerprint density at radius 1 is 1.29 bits per heavy atom. The van der Waals surface area contributed by atoms with Crippen molar-refractivity contribution in [3.63, 3.8) is 0 Å². The third-order valence-corrected chi connectivity index (χ3v) is 1.90. The van der Waals surface area contributed by atoms with E-state index in [-0.39, 0.29) is 0 Å². The minimum atomic E-state index is 0.759. The summed E-state index contributed by atoms with van der Waals surface area (Å²) in [5, 5.41) is 4.42. The van der Waals surface area contributed by atoms with Crippen LogP contribution in [0.25, 0.3) is 0 Å². The first-order chi connectivity index (χ1) is 3.45. The van der Waals surface area contributed by atoms with E-state index in [2.05, 4.69) is 5.32 Å². The van der Waals surface area contributed by atoms with Gasteiger partial charge in [0.1, 0.15) is 0 Å². The van der Waals surface area contributed by atoms with Crippen LogP contribution in [-0.2, 0) is 0 Å². The van der Waals surface area contributed by atoms with Gasteiger partial charge in [0.15, 0.2) is 0 Å². The van der Waals surface area contributed by atoms with E-state index in [0.29, 0.717) is 0 Å². The lowest BCUT2D eigenvalue weighted by atomic mass is 10.0. The van der Waals surface area contributed by atoms with Crippen LogP contribution in [0.4, 0.5) is 0 Å². The summed E-state index contributed by atoms with van der Waals surface area (Å²) >= 11 is 0. The van der Waals surface area contributed by atoms with Crippen LogP contribution in [0.2, 0.25) is 0 Å². The van der Waals surface area contributed by atoms with Crippen LogP contribution in [0.15, 0.2) is 0 Å². The van der Waals surface area contributed by atoms with Crippen molar-refractivity contribution in [1.29, 1.82) is 0 Å². The average molecular weight is 95.1 g/mol. The molecule has 0 aliphatic carbocycles. The van der Waals surface area contributed by atoms with Crippen molar-refractivity contribution >= 4 is 0 Å². The Bertz CT molecular complexity index is 62.2. The molecule has 1 nitrogen and oxygen atoms in total. The maximum absolute atomic E-state index is 4.42. The van der Waals surface area contributed by atoms with Gasteiger partial charge in [0.2, 0.25) is 0 Å². The average Bonchev–Trinajstić information content (AvgIpc) is 2.22. The minimum Gasteiger partial charge on any atom is -0.230 e. The van der Waals surface area contributed by atoms with Crippen molar-refractivity contribution in [3.8, 4) is 0 Å². The second-order valence-corrected chi connectivity index (χ2v) is 2.43. The van der Waals surface area contributed by atoms with Gasteiger partial charge in [-0.05, 0) is 25.7 Å². The van der Waals surface area contributed by atoms with Gasteiger partial charge in [-0.1, -0.05) is 0 Å². The summed E-state index contributed by atoms with van der Waals surface area (Å²) in [6, 6.07) is 2.25. The largest absolute Gasteiger partial charge is 0.230 e. The lowest BCUT2D eigenvalue weighted by molar-refractivity contribution is 0.602. The second-order valence-electron chi connectivity index (χ2n) is 2.43. The van der Waals surface area contributed by atoms with E-state index in [0.717, 1.165) is 6.04 Å². The summed E-state index contributed by atoms with van der Waals surface area (Å²) in [4.78, 5) is 0. The van der Waals surface area contributed by atoms with E-state index in [9.17, 15) is 0 Å². The topological polar surface area (TPSA) is 14.1 Å². The molecule has 38 valence electrons. The highest BCUT2D eigenvalue weighted by molar-refractivity contribution is 5.03. The van der Waals surface area contributed by atoms with Gasteiger partial charge < -0.3 is 0 Å². The standard InChI is InChI=1S/C6H9N/c1-2-6-4-3-5(1)7-6/h5H,1-4H2. The van der Waals surface area contributed by atoms with Gasteiger partial charge in [0, 0.05) is 6.04 Å². The number of hydrogen-bond acceptors (Lipinski definition) is 0.